The minimum atomic E-state index is 1.12. The van der Waals surface area contributed by atoms with Crippen molar-refractivity contribution in [3.63, 3.8) is 0 Å². The van der Waals surface area contributed by atoms with Crippen molar-refractivity contribution in [1.29, 1.82) is 0 Å². The minimum absolute atomic E-state index is 1.12. The molecule has 12 aromatic rings. The van der Waals surface area contributed by atoms with E-state index in [1.54, 1.807) is 0 Å². The van der Waals surface area contributed by atoms with Gasteiger partial charge in [-0.3, -0.25) is 0 Å². The van der Waals surface area contributed by atoms with Crippen molar-refractivity contribution in [3.8, 4) is 11.1 Å². The molecule has 12 rings (SSSR count). The standard InChI is InChI=1S/C60H41N3S2/c1-6-16-44(17-7-1)61(45-18-8-2-9-19-45)49-29-26-42(27-30-49)43-28-36-57-55(38-43)53-34-31-51(40-59(53)64-57)63(48-24-14-5-15-25-48)52-32-35-54-56-39-50(33-37-58(56)65-60(54)41-52)62(46-20-10-3-11-21-46)47-22-12-4-13-23-47/h1-41H. The Balaban J connectivity index is 0.890. The molecule has 0 spiro atoms. The lowest BCUT2D eigenvalue weighted by Crippen LogP contribution is -2.09. The number of hydrogen-bond acceptors (Lipinski definition) is 5. The average Bonchev–Trinajstić information content (AvgIpc) is 3.93. The molecule has 308 valence electrons. The van der Waals surface area contributed by atoms with Gasteiger partial charge in [0.05, 0.1) is 0 Å². The fraction of sp³-hybridized carbons (Fsp3) is 0. The topological polar surface area (TPSA) is 9.72 Å². The van der Waals surface area contributed by atoms with Gasteiger partial charge >= 0.3 is 0 Å². The van der Waals surface area contributed by atoms with Crippen LogP contribution in [0.3, 0.4) is 0 Å². The predicted octanol–water partition coefficient (Wildman–Crippen LogP) is 18.5. The fourth-order valence-corrected chi connectivity index (χ4v) is 11.4. The van der Waals surface area contributed by atoms with Crippen LogP contribution in [0, 0.1) is 0 Å². The maximum absolute atomic E-state index is 2.40. The molecule has 0 bridgehead atoms. The third-order valence-electron chi connectivity index (χ3n) is 12.2. The molecule has 2 aromatic heterocycles. The van der Waals surface area contributed by atoms with Gasteiger partial charge in [-0.2, -0.15) is 0 Å². The number of hydrogen-bond donors (Lipinski definition) is 0. The molecule has 0 N–H and O–H groups in total. The Morgan fingerprint density at radius 1 is 0.200 bits per heavy atom. The summed E-state index contributed by atoms with van der Waals surface area (Å²) in [6, 6.07) is 89.8. The lowest BCUT2D eigenvalue weighted by Gasteiger charge is -2.26. The smallest absolute Gasteiger partial charge is 0.0476 e. The van der Waals surface area contributed by atoms with Gasteiger partial charge in [-0.15, -0.1) is 22.7 Å². The summed E-state index contributed by atoms with van der Waals surface area (Å²) in [5, 5.41) is 5.08. The van der Waals surface area contributed by atoms with Crippen LogP contribution in [0.25, 0.3) is 51.5 Å². The third kappa shape index (κ3) is 7.27. The highest BCUT2D eigenvalue weighted by molar-refractivity contribution is 7.26. The Kier molecular flexibility index (Phi) is 9.90. The molecule has 0 fully saturated rings. The summed E-state index contributed by atoms with van der Waals surface area (Å²) >= 11 is 3.71. The fourth-order valence-electron chi connectivity index (χ4n) is 9.15. The summed E-state index contributed by atoms with van der Waals surface area (Å²) in [5.74, 6) is 0. The maximum Gasteiger partial charge on any atom is 0.0476 e. The van der Waals surface area contributed by atoms with Crippen molar-refractivity contribution < 1.29 is 0 Å². The summed E-state index contributed by atoms with van der Waals surface area (Å²) < 4.78 is 5.09. The van der Waals surface area contributed by atoms with E-state index in [4.69, 9.17) is 0 Å². The Morgan fingerprint density at radius 3 is 0.954 bits per heavy atom. The van der Waals surface area contributed by atoms with Crippen LogP contribution in [-0.2, 0) is 0 Å². The molecule has 2 heterocycles. The van der Waals surface area contributed by atoms with Crippen LogP contribution in [0.1, 0.15) is 0 Å². The molecule has 10 aromatic carbocycles. The van der Waals surface area contributed by atoms with E-state index in [9.17, 15) is 0 Å². The van der Waals surface area contributed by atoms with Crippen molar-refractivity contribution in [1.82, 2.24) is 0 Å². The summed E-state index contributed by atoms with van der Waals surface area (Å²) in [6.45, 7) is 0. The summed E-state index contributed by atoms with van der Waals surface area (Å²) in [5.41, 5.74) is 12.6. The maximum atomic E-state index is 2.40. The molecule has 0 saturated heterocycles. The molecular formula is C60H41N3S2. The number of nitrogens with zero attached hydrogens (tertiary/aromatic N) is 3. The van der Waals surface area contributed by atoms with Gasteiger partial charge < -0.3 is 14.7 Å². The Morgan fingerprint density at radius 2 is 0.508 bits per heavy atom. The number of anilines is 9. The first-order chi connectivity index (χ1) is 32.2. The van der Waals surface area contributed by atoms with E-state index in [2.05, 4.69) is 263 Å². The predicted molar refractivity (Wildman–Crippen MR) is 282 cm³/mol. The highest BCUT2D eigenvalue weighted by atomic mass is 32.1. The second-order valence-corrected chi connectivity index (χ2v) is 18.4. The van der Waals surface area contributed by atoms with Gasteiger partial charge in [-0.05, 0) is 139 Å². The van der Waals surface area contributed by atoms with Gasteiger partial charge in [-0.1, -0.05) is 121 Å². The Hall–Kier alpha value is -7.96. The number of thiophene rings is 2. The Labute approximate surface area is 386 Å². The first kappa shape index (κ1) is 38.7. The molecule has 0 unspecified atom stereocenters. The summed E-state index contributed by atoms with van der Waals surface area (Å²) in [7, 11) is 0. The molecular weight excluding hydrogens is 827 g/mol. The number of fused-ring (bicyclic) bond motifs is 6. The number of para-hydroxylation sites is 5. The quantitative estimate of drug-likeness (QED) is 0.136. The summed E-state index contributed by atoms with van der Waals surface area (Å²) in [4.78, 5) is 7.04. The van der Waals surface area contributed by atoms with E-state index in [0.717, 1.165) is 51.2 Å². The van der Waals surface area contributed by atoms with E-state index >= 15 is 0 Å². The average molecular weight is 868 g/mol. The van der Waals surface area contributed by atoms with Gasteiger partial charge in [-0.25, -0.2) is 0 Å². The van der Waals surface area contributed by atoms with Gasteiger partial charge in [0.15, 0.2) is 0 Å². The molecule has 3 nitrogen and oxygen atoms in total. The van der Waals surface area contributed by atoms with Gasteiger partial charge in [0.25, 0.3) is 0 Å². The van der Waals surface area contributed by atoms with Crippen molar-refractivity contribution in [2.24, 2.45) is 0 Å². The molecule has 0 aliphatic rings. The van der Waals surface area contributed by atoms with Crippen LogP contribution < -0.4 is 14.7 Å². The van der Waals surface area contributed by atoms with Gasteiger partial charge in [0.2, 0.25) is 0 Å². The van der Waals surface area contributed by atoms with Crippen LogP contribution in [0.2, 0.25) is 0 Å². The summed E-state index contributed by atoms with van der Waals surface area (Å²) in [6.07, 6.45) is 0. The molecule has 0 aliphatic heterocycles. The highest BCUT2D eigenvalue weighted by Gasteiger charge is 2.19. The van der Waals surface area contributed by atoms with E-state index < -0.39 is 0 Å². The largest absolute Gasteiger partial charge is 0.311 e. The van der Waals surface area contributed by atoms with Crippen molar-refractivity contribution in [2.45, 2.75) is 0 Å². The monoisotopic (exact) mass is 867 g/mol. The lowest BCUT2D eigenvalue weighted by atomic mass is 10.0. The van der Waals surface area contributed by atoms with Gasteiger partial charge in [0, 0.05) is 91.5 Å². The number of benzene rings is 10. The molecule has 65 heavy (non-hydrogen) atoms. The van der Waals surface area contributed by atoms with Crippen LogP contribution in [0.5, 0.6) is 0 Å². The minimum Gasteiger partial charge on any atom is -0.311 e. The molecule has 0 radical (unpaired) electrons. The van der Waals surface area contributed by atoms with E-state index in [-0.39, 0.29) is 0 Å². The zero-order valence-corrected chi connectivity index (χ0v) is 37.0. The van der Waals surface area contributed by atoms with Crippen LogP contribution in [0.4, 0.5) is 51.2 Å². The number of rotatable bonds is 10. The van der Waals surface area contributed by atoms with Crippen molar-refractivity contribution in [3.05, 3.63) is 249 Å². The molecule has 5 heteroatoms. The van der Waals surface area contributed by atoms with Crippen molar-refractivity contribution >= 4 is 114 Å². The van der Waals surface area contributed by atoms with E-state index in [0.29, 0.717) is 0 Å². The van der Waals surface area contributed by atoms with Crippen LogP contribution in [0.15, 0.2) is 249 Å². The van der Waals surface area contributed by atoms with Crippen LogP contribution in [-0.4, -0.2) is 0 Å². The zero-order valence-electron chi connectivity index (χ0n) is 35.3. The molecule has 0 saturated carbocycles. The van der Waals surface area contributed by atoms with E-state index in [1.165, 1.54) is 51.5 Å². The second kappa shape index (κ2) is 16.6. The first-order valence-corrected chi connectivity index (χ1v) is 23.5. The second-order valence-electron chi connectivity index (χ2n) is 16.2. The lowest BCUT2D eigenvalue weighted by molar-refractivity contribution is 1.28. The Bertz CT molecular complexity index is 3510. The SMILES string of the molecule is c1ccc(N(c2ccccc2)c2ccc(-c3ccc4sc5cc(N(c6ccccc6)c6ccc7c(c6)sc6ccc(N(c8ccccc8)c8ccccc8)cc67)ccc5c4c3)cc2)cc1. The highest BCUT2D eigenvalue weighted by Crippen LogP contribution is 2.46. The molecule has 0 aliphatic carbocycles. The van der Waals surface area contributed by atoms with Gasteiger partial charge in [0.1, 0.15) is 0 Å². The molecule has 0 amide bonds. The normalized spacial score (nSPS) is 11.4. The van der Waals surface area contributed by atoms with E-state index in [1.807, 2.05) is 22.7 Å². The van der Waals surface area contributed by atoms with Crippen molar-refractivity contribution in [2.75, 3.05) is 14.7 Å². The zero-order chi connectivity index (χ0) is 43.1. The van der Waals surface area contributed by atoms with Crippen LogP contribution >= 0.6 is 22.7 Å². The first-order valence-electron chi connectivity index (χ1n) is 21.9. The third-order valence-corrected chi connectivity index (χ3v) is 14.5. The molecule has 0 atom stereocenters.